The van der Waals surface area contributed by atoms with Crippen LogP contribution in [0.25, 0.3) is 63.9 Å². The lowest BCUT2D eigenvalue weighted by molar-refractivity contribution is 0.477. The van der Waals surface area contributed by atoms with Crippen LogP contribution in [0.3, 0.4) is 0 Å². The standard InChI is InChI=1S/C40H22BN2OS/c1-2-10-23-20-30-27(19-22(23)9-1)24-12-7-13-25(38(24)42-30)28-21-35-36(26-11-3-6-18-34(26)45-35)40-37(28)41-29-14-8-17-33-39(29)43(40)31-15-4-5-16-32(31)44-33/h1-21,42H. The van der Waals surface area contributed by atoms with Crippen LogP contribution in [0.15, 0.2) is 127 Å². The molecule has 0 unspecified atom stereocenters. The predicted molar refractivity (Wildman–Crippen MR) is 191 cm³/mol. The van der Waals surface area contributed by atoms with Gasteiger partial charge in [0.2, 0.25) is 0 Å². The maximum atomic E-state index is 6.50. The average molecular weight is 590 g/mol. The van der Waals surface area contributed by atoms with Gasteiger partial charge in [-0.15, -0.1) is 11.3 Å². The van der Waals surface area contributed by atoms with Crippen LogP contribution in [-0.2, 0) is 0 Å². The third kappa shape index (κ3) is 3.15. The Balaban J connectivity index is 1.29. The topological polar surface area (TPSA) is 28.3 Å². The average Bonchev–Trinajstić information content (AvgIpc) is 3.64. The van der Waals surface area contributed by atoms with Crippen LogP contribution in [-0.4, -0.2) is 12.3 Å². The van der Waals surface area contributed by atoms with Crippen molar-refractivity contribution in [1.29, 1.82) is 0 Å². The number of ether oxygens (including phenoxy) is 1. The molecule has 0 spiro atoms. The molecule has 2 aromatic heterocycles. The number of para-hydroxylation sites is 4. The number of aromatic nitrogens is 1. The molecule has 1 radical (unpaired) electrons. The van der Waals surface area contributed by atoms with E-state index in [1.165, 1.54) is 69.5 Å². The zero-order valence-electron chi connectivity index (χ0n) is 24.0. The molecule has 4 heterocycles. The SMILES string of the molecule is [B]1c2cccc3c2N(c2ccccc2O3)c2c1c(-c1cccc3c1[nH]c1cc4ccccc4cc13)cc1sc3ccccc3c21. The van der Waals surface area contributed by atoms with Gasteiger partial charge < -0.3 is 14.6 Å². The Morgan fingerprint density at radius 2 is 1.38 bits per heavy atom. The van der Waals surface area contributed by atoms with E-state index in [2.05, 4.69) is 145 Å². The van der Waals surface area contributed by atoms with E-state index >= 15 is 0 Å². The Labute approximate surface area is 263 Å². The molecule has 7 aromatic carbocycles. The van der Waals surface area contributed by atoms with E-state index in [9.17, 15) is 0 Å². The smallest absolute Gasteiger partial charge is 0.198 e. The van der Waals surface area contributed by atoms with Crippen molar-refractivity contribution in [3.63, 3.8) is 0 Å². The van der Waals surface area contributed by atoms with Crippen LogP contribution in [0.5, 0.6) is 11.5 Å². The van der Waals surface area contributed by atoms with Gasteiger partial charge in [-0.2, -0.15) is 0 Å². The fraction of sp³-hybridized carbons (Fsp3) is 0. The fourth-order valence-electron chi connectivity index (χ4n) is 7.65. The lowest BCUT2D eigenvalue weighted by Gasteiger charge is -2.39. The van der Waals surface area contributed by atoms with Gasteiger partial charge in [-0.3, -0.25) is 0 Å². The molecule has 1 N–H and O–H groups in total. The summed E-state index contributed by atoms with van der Waals surface area (Å²) in [5.41, 5.74) is 10.5. The largest absolute Gasteiger partial charge is 0.453 e. The number of anilines is 3. The minimum absolute atomic E-state index is 0.873. The fourth-order valence-corrected chi connectivity index (χ4v) is 8.80. The van der Waals surface area contributed by atoms with Crippen LogP contribution in [0, 0.1) is 0 Å². The van der Waals surface area contributed by atoms with Gasteiger partial charge in [0.25, 0.3) is 0 Å². The molecule has 2 aliphatic heterocycles. The molecule has 2 aliphatic rings. The third-order valence-corrected chi connectivity index (χ3v) is 10.7. The van der Waals surface area contributed by atoms with Crippen molar-refractivity contribution in [2.24, 2.45) is 0 Å². The minimum Gasteiger partial charge on any atom is -0.453 e. The van der Waals surface area contributed by atoms with Crippen molar-refractivity contribution in [1.82, 2.24) is 4.98 Å². The van der Waals surface area contributed by atoms with Gasteiger partial charge in [-0.05, 0) is 64.3 Å². The van der Waals surface area contributed by atoms with Gasteiger partial charge in [0, 0.05) is 42.0 Å². The van der Waals surface area contributed by atoms with Gasteiger partial charge in [-0.1, -0.05) is 90.4 Å². The number of H-pyrrole nitrogens is 1. The molecule has 0 bridgehead atoms. The first-order valence-corrected chi connectivity index (χ1v) is 16.1. The summed E-state index contributed by atoms with van der Waals surface area (Å²) in [4.78, 5) is 6.32. The first-order valence-electron chi connectivity index (χ1n) is 15.3. The first kappa shape index (κ1) is 23.9. The molecule has 0 saturated heterocycles. The second-order valence-corrected chi connectivity index (χ2v) is 13.1. The molecule has 3 nitrogen and oxygen atoms in total. The Kier molecular flexibility index (Phi) is 4.54. The van der Waals surface area contributed by atoms with E-state index in [1.807, 2.05) is 11.3 Å². The van der Waals surface area contributed by atoms with Crippen molar-refractivity contribution in [2.45, 2.75) is 0 Å². The summed E-state index contributed by atoms with van der Waals surface area (Å²) in [6.07, 6.45) is 0. The second-order valence-electron chi connectivity index (χ2n) is 12.0. The molecule has 207 valence electrons. The lowest BCUT2D eigenvalue weighted by Crippen LogP contribution is -2.42. The van der Waals surface area contributed by atoms with Crippen LogP contribution >= 0.6 is 11.3 Å². The van der Waals surface area contributed by atoms with Crippen LogP contribution < -0.4 is 20.6 Å². The number of nitrogens with zero attached hydrogens (tertiary/aromatic N) is 1. The van der Waals surface area contributed by atoms with E-state index < -0.39 is 0 Å². The normalized spacial score (nSPS) is 13.2. The molecular formula is C40H22BN2OS. The van der Waals surface area contributed by atoms with Gasteiger partial charge in [-0.25, -0.2) is 0 Å². The molecule has 0 fully saturated rings. The highest BCUT2D eigenvalue weighted by molar-refractivity contribution is 7.26. The number of thiophene rings is 1. The van der Waals surface area contributed by atoms with Crippen molar-refractivity contribution < 1.29 is 4.74 Å². The van der Waals surface area contributed by atoms with Gasteiger partial charge in [0.15, 0.2) is 18.8 Å². The van der Waals surface area contributed by atoms with Gasteiger partial charge >= 0.3 is 0 Å². The molecule has 0 saturated carbocycles. The van der Waals surface area contributed by atoms with Gasteiger partial charge in [0.1, 0.15) is 0 Å². The Bertz CT molecular complexity index is 2740. The summed E-state index contributed by atoms with van der Waals surface area (Å²) in [7, 11) is 2.37. The van der Waals surface area contributed by atoms with Crippen molar-refractivity contribution >= 4 is 99.4 Å². The maximum absolute atomic E-state index is 6.50. The Morgan fingerprint density at radius 3 is 2.33 bits per heavy atom. The predicted octanol–water partition coefficient (Wildman–Crippen LogP) is 10.1. The number of hydrogen-bond acceptors (Lipinski definition) is 3. The lowest BCUT2D eigenvalue weighted by atomic mass is 9.57. The number of rotatable bonds is 1. The third-order valence-electron chi connectivity index (χ3n) is 9.57. The van der Waals surface area contributed by atoms with Crippen LogP contribution in [0.1, 0.15) is 0 Å². The molecule has 0 aliphatic carbocycles. The second kappa shape index (κ2) is 8.56. The van der Waals surface area contributed by atoms with E-state index in [0.29, 0.717) is 0 Å². The molecule has 5 heteroatoms. The van der Waals surface area contributed by atoms with E-state index in [-0.39, 0.29) is 0 Å². The Hall–Kier alpha value is -5.52. The summed E-state index contributed by atoms with van der Waals surface area (Å²) in [6, 6.07) is 46.0. The molecule has 9 aromatic rings. The minimum atomic E-state index is 0.873. The first-order chi connectivity index (χ1) is 22.3. The quantitative estimate of drug-likeness (QED) is 0.193. The summed E-state index contributed by atoms with van der Waals surface area (Å²) < 4.78 is 9.07. The van der Waals surface area contributed by atoms with E-state index in [0.717, 1.165) is 33.9 Å². The molecule has 0 amide bonds. The number of aromatic amines is 1. The maximum Gasteiger partial charge on any atom is 0.198 e. The summed E-state index contributed by atoms with van der Waals surface area (Å²) in [5.74, 6) is 1.76. The molecule has 0 atom stereocenters. The number of fused-ring (bicyclic) bond motifs is 12. The summed E-state index contributed by atoms with van der Waals surface area (Å²) in [6.45, 7) is 0. The van der Waals surface area contributed by atoms with Gasteiger partial charge in [0.05, 0.1) is 22.6 Å². The monoisotopic (exact) mass is 589 g/mol. The number of benzene rings is 7. The van der Waals surface area contributed by atoms with E-state index in [4.69, 9.17) is 4.74 Å². The van der Waals surface area contributed by atoms with Crippen LogP contribution in [0.4, 0.5) is 17.1 Å². The molecule has 11 rings (SSSR count). The number of nitrogens with one attached hydrogen (secondary N) is 1. The summed E-state index contributed by atoms with van der Waals surface area (Å²) in [5, 5.41) is 7.57. The zero-order chi connectivity index (χ0) is 29.2. The zero-order valence-corrected chi connectivity index (χ0v) is 24.8. The molecular weight excluding hydrogens is 567 g/mol. The highest BCUT2D eigenvalue weighted by Gasteiger charge is 2.36. The number of hydrogen-bond donors (Lipinski definition) is 1. The van der Waals surface area contributed by atoms with Crippen molar-refractivity contribution in [2.75, 3.05) is 4.90 Å². The highest BCUT2D eigenvalue weighted by atomic mass is 32.1. The van der Waals surface area contributed by atoms with Crippen LogP contribution in [0.2, 0.25) is 0 Å². The summed E-state index contributed by atoms with van der Waals surface area (Å²) >= 11 is 1.87. The Morgan fingerprint density at radius 1 is 0.600 bits per heavy atom. The van der Waals surface area contributed by atoms with Crippen molar-refractivity contribution in [3.8, 4) is 22.6 Å². The van der Waals surface area contributed by atoms with Crippen molar-refractivity contribution in [3.05, 3.63) is 127 Å². The highest BCUT2D eigenvalue weighted by Crippen LogP contribution is 2.54. The van der Waals surface area contributed by atoms with E-state index in [1.54, 1.807) is 0 Å². The molecule has 45 heavy (non-hydrogen) atoms.